The standard InChI is InChI=1S/C24H29NO5Si/c1-6-27-24(26)23(17-8-10-21-22(12-17)29-15-28-21)19-13-25(2)20-11-16(7-9-18(19)20)14-30-31(3,4)5/h7-13,23H,6,14-15H2,1-5H3. The van der Waals surface area contributed by atoms with Gasteiger partial charge in [-0.15, -0.1) is 0 Å². The average Bonchev–Trinajstić information content (AvgIpc) is 3.31. The van der Waals surface area contributed by atoms with Crippen LogP contribution in [0.15, 0.2) is 42.6 Å². The van der Waals surface area contributed by atoms with E-state index in [-0.39, 0.29) is 12.8 Å². The van der Waals surface area contributed by atoms with Crippen molar-refractivity contribution in [2.45, 2.75) is 39.1 Å². The van der Waals surface area contributed by atoms with Crippen LogP contribution in [-0.4, -0.2) is 32.3 Å². The molecule has 4 rings (SSSR count). The number of ether oxygens (including phenoxy) is 3. The van der Waals surface area contributed by atoms with Crippen molar-refractivity contribution in [3.05, 3.63) is 59.3 Å². The molecule has 3 aromatic rings. The maximum absolute atomic E-state index is 13.1. The van der Waals surface area contributed by atoms with E-state index in [0.29, 0.717) is 24.7 Å². The van der Waals surface area contributed by atoms with Gasteiger partial charge in [0.15, 0.2) is 19.8 Å². The second-order valence-electron chi connectivity index (χ2n) is 8.75. The highest BCUT2D eigenvalue weighted by Gasteiger charge is 2.29. The molecule has 0 radical (unpaired) electrons. The third-order valence-corrected chi connectivity index (χ3v) is 6.33. The Labute approximate surface area is 183 Å². The molecule has 0 saturated heterocycles. The number of hydrogen-bond acceptors (Lipinski definition) is 5. The maximum Gasteiger partial charge on any atom is 0.317 e. The Balaban J connectivity index is 1.76. The van der Waals surface area contributed by atoms with Gasteiger partial charge in [-0.1, -0.05) is 18.2 Å². The summed E-state index contributed by atoms with van der Waals surface area (Å²) >= 11 is 0. The molecule has 0 saturated carbocycles. The summed E-state index contributed by atoms with van der Waals surface area (Å²) in [6.45, 7) is 9.48. The van der Waals surface area contributed by atoms with Gasteiger partial charge >= 0.3 is 5.97 Å². The van der Waals surface area contributed by atoms with Crippen molar-refractivity contribution < 1.29 is 23.4 Å². The fraction of sp³-hybridized carbons (Fsp3) is 0.375. The fourth-order valence-electron chi connectivity index (χ4n) is 3.84. The number of aromatic nitrogens is 1. The lowest BCUT2D eigenvalue weighted by Gasteiger charge is -2.18. The largest absolute Gasteiger partial charge is 0.465 e. The zero-order valence-corrected chi connectivity index (χ0v) is 19.7. The number of fused-ring (bicyclic) bond motifs is 2. The number of aryl methyl sites for hydroxylation is 1. The summed E-state index contributed by atoms with van der Waals surface area (Å²) in [7, 11) is 0.396. The molecule has 0 N–H and O–H groups in total. The van der Waals surface area contributed by atoms with Crippen LogP contribution >= 0.6 is 0 Å². The number of carbonyl (C=O) groups is 1. The molecule has 1 atom stereocenters. The average molecular weight is 440 g/mol. The first-order valence-corrected chi connectivity index (χ1v) is 14.0. The number of hydrogen-bond donors (Lipinski definition) is 0. The van der Waals surface area contributed by atoms with Gasteiger partial charge in [0.2, 0.25) is 6.79 Å². The van der Waals surface area contributed by atoms with E-state index in [1.807, 2.05) is 38.4 Å². The van der Waals surface area contributed by atoms with Crippen LogP contribution in [0.25, 0.3) is 10.9 Å². The SMILES string of the molecule is CCOC(=O)C(c1ccc2c(c1)OCO2)c1cn(C)c2cc(CO[Si](C)(C)C)ccc12. The predicted molar refractivity (Wildman–Crippen MR) is 122 cm³/mol. The molecule has 1 aromatic heterocycles. The smallest absolute Gasteiger partial charge is 0.317 e. The first-order valence-electron chi connectivity index (χ1n) is 10.5. The van der Waals surface area contributed by atoms with Gasteiger partial charge in [-0.05, 0) is 61.5 Å². The van der Waals surface area contributed by atoms with Gasteiger partial charge < -0.3 is 23.2 Å². The second kappa shape index (κ2) is 8.40. The maximum atomic E-state index is 13.1. The van der Waals surface area contributed by atoms with Gasteiger partial charge in [0, 0.05) is 24.1 Å². The molecule has 0 fully saturated rings. The zero-order chi connectivity index (χ0) is 22.2. The van der Waals surface area contributed by atoms with Crippen LogP contribution in [0.5, 0.6) is 11.5 Å². The van der Waals surface area contributed by atoms with E-state index in [9.17, 15) is 4.79 Å². The van der Waals surface area contributed by atoms with Crippen LogP contribution in [0.2, 0.25) is 19.6 Å². The van der Waals surface area contributed by atoms with Crippen molar-refractivity contribution in [1.82, 2.24) is 4.57 Å². The van der Waals surface area contributed by atoms with Gasteiger partial charge in [-0.2, -0.15) is 0 Å². The lowest BCUT2D eigenvalue weighted by atomic mass is 9.90. The van der Waals surface area contributed by atoms with Crippen molar-refractivity contribution >= 4 is 25.2 Å². The topological polar surface area (TPSA) is 58.9 Å². The third kappa shape index (κ3) is 4.47. The molecule has 0 aliphatic carbocycles. The molecule has 1 aliphatic heterocycles. The monoisotopic (exact) mass is 439 g/mol. The van der Waals surface area contributed by atoms with Crippen LogP contribution in [0.1, 0.15) is 29.5 Å². The van der Waals surface area contributed by atoms with Gasteiger partial charge in [-0.3, -0.25) is 4.79 Å². The Bertz CT molecular complexity index is 1120. The van der Waals surface area contributed by atoms with Gasteiger partial charge in [0.05, 0.1) is 13.2 Å². The summed E-state index contributed by atoms with van der Waals surface area (Å²) < 4.78 is 24.5. The Kier molecular flexibility index (Phi) is 5.81. The molecule has 2 heterocycles. The van der Waals surface area contributed by atoms with E-state index < -0.39 is 14.2 Å². The molecule has 1 aliphatic rings. The minimum absolute atomic E-state index is 0.194. The van der Waals surface area contributed by atoms with Crippen molar-refractivity contribution in [3.8, 4) is 11.5 Å². The Morgan fingerprint density at radius 3 is 2.65 bits per heavy atom. The van der Waals surface area contributed by atoms with Crippen molar-refractivity contribution in [2.75, 3.05) is 13.4 Å². The molecule has 0 bridgehead atoms. The second-order valence-corrected chi connectivity index (χ2v) is 13.3. The quantitative estimate of drug-likeness (QED) is 0.385. The highest BCUT2D eigenvalue weighted by atomic mass is 28.4. The van der Waals surface area contributed by atoms with Crippen LogP contribution in [0, 0.1) is 0 Å². The number of nitrogens with zero attached hydrogens (tertiary/aromatic N) is 1. The lowest BCUT2D eigenvalue weighted by Crippen LogP contribution is -2.24. The van der Waals surface area contributed by atoms with Gasteiger partial charge in [0.25, 0.3) is 0 Å². The fourth-order valence-corrected chi connectivity index (χ4v) is 4.44. The summed E-state index contributed by atoms with van der Waals surface area (Å²) in [5.74, 6) is 0.511. The normalized spacial score (nSPS) is 14.1. The molecular weight excluding hydrogens is 410 g/mol. The predicted octanol–water partition coefficient (Wildman–Crippen LogP) is 4.95. The molecule has 164 valence electrons. The minimum Gasteiger partial charge on any atom is -0.465 e. The van der Waals surface area contributed by atoms with Gasteiger partial charge in [-0.25, -0.2) is 0 Å². The Morgan fingerprint density at radius 2 is 1.90 bits per heavy atom. The summed E-state index contributed by atoms with van der Waals surface area (Å²) in [6.07, 6.45) is 2.01. The van der Waals surface area contributed by atoms with Crippen molar-refractivity contribution in [1.29, 1.82) is 0 Å². The number of benzene rings is 2. The van der Waals surface area contributed by atoms with Crippen LogP contribution in [0.3, 0.4) is 0 Å². The van der Waals surface area contributed by atoms with E-state index in [1.54, 1.807) is 0 Å². The highest BCUT2D eigenvalue weighted by molar-refractivity contribution is 6.69. The van der Waals surface area contributed by atoms with E-state index in [4.69, 9.17) is 18.6 Å². The number of esters is 1. The van der Waals surface area contributed by atoms with Crippen LogP contribution in [0.4, 0.5) is 0 Å². The number of carbonyl (C=O) groups excluding carboxylic acids is 1. The third-order valence-electron chi connectivity index (χ3n) is 5.32. The highest BCUT2D eigenvalue weighted by Crippen LogP contribution is 2.39. The summed E-state index contributed by atoms with van der Waals surface area (Å²) in [4.78, 5) is 13.1. The van der Waals surface area contributed by atoms with E-state index >= 15 is 0 Å². The van der Waals surface area contributed by atoms with Crippen molar-refractivity contribution in [2.24, 2.45) is 7.05 Å². The van der Waals surface area contributed by atoms with E-state index in [0.717, 1.165) is 27.6 Å². The molecular formula is C24H29NO5Si. The molecule has 6 nitrogen and oxygen atoms in total. The Hall–Kier alpha value is -2.77. The Morgan fingerprint density at radius 1 is 1.13 bits per heavy atom. The summed E-state index contributed by atoms with van der Waals surface area (Å²) in [5, 5.41) is 1.02. The molecule has 7 heteroatoms. The van der Waals surface area contributed by atoms with E-state index in [1.165, 1.54) is 0 Å². The summed E-state index contributed by atoms with van der Waals surface area (Å²) in [5.41, 5.74) is 3.91. The molecule has 0 spiro atoms. The zero-order valence-electron chi connectivity index (χ0n) is 18.7. The van der Waals surface area contributed by atoms with E-state index in [2.05, 4.69) is 42.4 Å². The van der Waals surface area contributed by atoms with Crippen molar-refractivity contribution in [3.63, 3.8) is 0 Å². The molecule has 2 aromatic carbocycles. The van der Waals surface area contributed by atoms with Gasteiger partial charge in [0.1, 0.15) is 5.92 Å². The lowest BCUT2D eigenvalue weighted by molar-refractivity contribution is -0.143. The molecule has 0 amide bonds. The van der Waals surface area contributed by atoms with Crippen LogP contribution in [-0.2, 0) is 27.6 Å². The summed E-state index contributed by atoms with van der Waals surface area (Å²) in [6, 6.07) is 11.9. The van der Waals surface area contributed by atoms with Crippen LogP contribution < -0.4 is 9.47 Å². The molecule has 31 heavy (non-hydrogen) atoms. The molecule has 1 unspecified atom stereocenters. The number of rotatable bonds is 7. The first kappa shape index (κ1) is 21.5. The first-order chi connectivity index (χ1) is 14.8. The minimum atomic E-state index is -1.60.